The zero-order valence-corrected chi connectivity index (χ0v) is 9.73. The van der Waals surface area contributed by atoms with Gasteiger partial charge in [0, 0.05) is 22.7 Å². The molecule has 0 amide bonds. The molecular weight excluding hydrogens is 204 g/mol. The van der Waals surface area contributed by atoms with Gasteiger partial charge in [-0.05, 0) is 29.6 Å². The molecule has 1 heterocycles. The summed E-state index contributed by atoms with van der Waals surface area (Å²) in [5, 5.41) is 4.66. The largest absolute Gasteiger partial charge is 0.326 e. The van der Waals surface area contributed by atoms with Gasteiger partial charge in [0.05, 0.1) is 0 Å². The van der Waals surface area contributed by atoms with Crippen molar-refractivity contribution >= 4 is 21.4 Å². The van der Waals surface area contributed by atoms with E-state index in [1.165, 1.54) is 20.5 Å². The van der Waals surface area contributed by atoms with E-state index >= 15 is 0 Å². The normalized spacial score (nSPS) is 11.1. The van der Waals surface area contributed by atoms with Crippen molar-refractivity contribution in [1.29, 1.82) is 0 Å². The molecule has 2 aromatic rings. The molecule has 3 heteroatoms. The monoisotopic (exact) mass is 220 g/mol. The van der Waals surface area contributed by atoms with Gasteiger partial charge in [-0.2, -0.15) is 0 Å². The molecule has 0 saturated heterocycles. The van der Waals surface area contributed by atoms with Crippen molar-refractivity contribution in [1.82, 2.24) is 5.32 Å². The SMILES string of the molecule is CCNCc1cc2c(CN)cccc2s1. The van der Waals surface area contributed by atoms with Crippen LogP contribution in [0.25, 0.3) is 10.1 Å². The zero-order chi connectivity index (χ0) is 10.7. The fourth-order valence-electron chi connectivity index (χ4n) is 1.69. The number of hydrogen-bond acceptors (Lipinski definition) is 3. The summed E-state index contributed by atoms with van der Waals surface area (Å²) in [6.45, 7) is 4.71. The lowest BCUT2D eigenvalue weighted by Crippen LogP contribution is -2.10. The minimum absolute atomic E-state index is 0.620. The van der Waals surface area contributed by atoms with Gasteiger partial charge in [0.15, 0.2) is 0 Å². The predicted octanol–water partition coefficient (Wildman–Crippen LogP) is 2.47. The third-order valence-corrected chi connectivity index (χ3v) is 3.57. The maximum Gasteiger partial charge on any atom is 0.0349 e. The summed E-state index contributed by atoms with van der Waals surface area (Å²) in [5.41, 5.74) is 6.96. The predicted molar refractivity (Wildman–Crippen MR) is 67.1 cm³/mol. The summed E-state index contributed by atoms with van der Waals surface area (Å²) in [4.78, 5) is 1.38. The third-order valence-electron chi connectivity index (χ3n) is 2.47. The molecule has 0 unspecified atom stereocenters. The molecule has 1 aromatic carbocycles. The number of rotatable bonds is 4. The van der Waals surface area contributed by atoms with Crippen LogP contribution in [0.3, 0.4) is 0 Å². The van der Waals surface area contributed by atoms with Crippen LogP contribution in [0.15, 0.2) is 24.3 Å². The standard InChI is InChI=1S/C12H16N2S/c1-2-14-8-10-6-11-9(7-13)4-3-5-12(11)15-10/h3-6,14H,2,7-8,13H2,1H3. The first-order valence-corrected chi connectivity index (χ1v) is 6.08. The summed E-state index contributed by atoms with van der Waals surface area (Å²) in [7, 11) is 0. The number of thiophene rings is 1. The van der Waals surface area contributed by atoms with Crippen molar-refractivity contribution in [3.8, 4) is 0 Å². The van der Waals surface area contributed by atoms with E-state index in [4.69, 9.17) is 5.73 Å². The Morgan fingerprint density at radius 2 is 2.27 bits per heavy atom. The van der Waals surface area contributed by atoms with Crippen LogP contribution in [-0.4, -0.2) is 6.54 Å². The molecule has 15 heavy (non-hydrogen) atoms. The van der Waals surface area contributed by atoms with E-state index in [1.54, 1.807) is 0 Å². The van der Waals surface area contributed by atoms with Gasteiger partial charge in [-0.15, -0.1) is 11.3 Å². The summed E-state index contributed by atoms with van der Waals surface area (Å²) in [6, 6.07) is 8.60. The average Bonchev–Trinajstić information content (AvgIpc) is 2.68. The molecule has 80 valence electrons. The Morgan fingerprint density at radius 3 is 3.00 bits per heavy atom. The molecule has 0 aliphatic heterocycles. The first-order valence-electron chi connectivity index (χ1n) is 5.26. The molecule has 0 aliphatic carbocycles. The van der Waals surface area contributed by atoms with E-state index < -0.39 is 0 Å². The van der Waals surface area contributed by atoms with E-state index in [2.05, 4.69) is 36.5 Å². The lowest BCUT2D eigenvalue weighted by Gasteiger charge is -1.97. The molecule has 0 saturated carbocycles. The molecule has 0 radical (unpaired) electrons. The molecule has 1 aromatic heterocycles. The Kier molecular flexibility index (Phi) is 3.36. The van der Waals surface area contributed by atoms with Crippen LogP contribution in [0.4, 0.5) is 0 Å². The first kappa shape index (κ1) is 10.6. The minimum atomic E-state index is 0.620. The van der Waals surface area contributed by atoms with Crippen LogP contribution in [0, 0.1) is 0 Å². The van der Waals surface area contributed by atoms with Crippen LogP contribution in [0.1, 0.15) is 17.4 Å². The highest BCUT2D eigenvalue weighted by Gasteiger charge is 2.04. The Labute approximate surface area is 94.1 Å². The smallest absolute Gasteiger partial charge is 0.0349 e. The summed E-state index contributed by atoms with van der Waals surface area (Å²) < 4.78 is 1.34. The van der Waals surface area contributed by atoms with E-state index in [-0.39, 0.29) is 0 Å². The fourth-order valence-corrected chi connectivity index (χ4v) is 2.77. The van der Waals surface area contributed by atoms with Crippen LogP contribution in [0.2, 0.25) is 0 Å². The molecule has 0 spiro atoms. The van der Waals surface area contributed by atoms with Gasteiger partial charge in [0.25, 0.3) is 0 Å². The number of hydrogen-bond donors (Lipinski definition) is 2. The third kappa shape index (κ3) is 2.20. The van der Waals surface area contributed by atoms with Gasteiger partial charge in [-0.25, -0.2) is 0 Å². The topological polar surface area (TPSA) is 38.0 Å². The highest BCUT2D eigenvalue weighted by Crippen LogP contribution is 2.28. The Balaban J connectivity index is 2.37. The van der Waals surface area contributed by atoms with Gasteiger partial charge in [0.1, 0.15) is 0 Å². The van der Waals surface area contributed by atoms with Crippen LogP contribution >= 0.6 is 11.3 Å². The quantitative estimate of drug-likeness (QED) is 0.830. The second-order valence-electron chi connectivity index (χ2n) is 3.53. The Hall–Kier alpha value is -0.900. The van der Waals surface area contributed by atoms with E-state index in [1.807, 2.05) is 11.3 Å². The lowest BCUT2D eigenvalue weighted by molar-refractivity contribution is 0.736. The van der Waals surface area contributed by atoms with Crippen molar-refractivity contribution in [2.24, 2.45) is 5.73 Å². The van der Waals surface area contributed by atoms with Crippen molar-refractivity contribution in [3.05, 3.63) is 34.7 Å². The van der Waals surface area contributed by atoms with Crippen LogP contribution in [0.5, 0.6) is 0 Å². The molecule has 0 aliphatic rings. The van der Waals surface area contributed by atoms with Gasteiger partial charge < -0.3 is 11.1 Å². The van der Waals surface area contributed by atoms with E-state index in [9.17, 15) is 0 Å². The molecule has 2 nitrogen and oxygen atoms in total. The first-order chi connectivity index (χ1) is 7.35. The molecule has 0 atom stereocenters. The minimum Gasteiger partial charge on any atom is -0.326 e. The van der Waals surface area contributed by atoms with Gasteiger partial charge in [-0.3, -0.25) is 0 Å². The molecule has 0 bridgehead atoms. The van der Waals surface area contributed by atoms with Gasteiger partial charge in [0.2, 0.25) is 0 Å². The van der Waals surface area contributed by atoms with Gasteiger partial charge in [-0.1, -0.05) is 19.1 Å². The van der Waals surface area contributed by atoms with Gasteiger partial charge >= 0.3 is 0 Å². The highest BCUT2D eigenvalue weighted by atomic mass is 32.1. The van der Waals surface area contributed by atoms with Crippen LogP contribution < -0.4 is 11.1 Å². The summed E-state index contributed by atoms with van der Waals surface area (Å²) in [5.74, 6) is 0. The number of benzene rings is 1. The summed E-state index contributed by atoms with van der Waals surface area (Å²) in [6.07, 6.45) is 0. The van der Waals surface area contributed by atoms with Crippen molar-refractivity contribution < 1.29 is 0 Å². The second kappa shape index (κ2) is 4.75. The highest BCUT2D eigenvalue weighted by molar-refractivity contribution is 7.19. The fraction of sp³-hybridized carbons (Fsp3) is 0.333. The maximum absolute atomic E-state index is 5.71. The average molecular weight is 220 g/mol. The van der Waals surface area contributed by atoms with Crippen molar-refractivity contribution in [2.45, 2.75) is 20.0 Å². The Morgan fingerprint density at radius 1 is 1.40 bits per heavy atom. The maximum atomic E-state index is 5.71. The lowest BCUT2D eigenvalue weighted by atomic mass is 10.1. The van der Waals surface area contributed by atoms with Crippen molar-refractivity contribution in [3.63, 3.8) is 0 Å². The van der Waals surface area contributed by atoms with E-state index in [0.29, 0.717) is 6.54 Å². The second-order valence-corrected chi connectivity index (χ2v) is 4.69. The van der Waals surface area contributed by atoms with Crippen molar-refractivity contribution in [2.75, 3.05) is 6.54 Å². The molecular formula is C12H16N2S. The number of fused-ring (bicyclic) bond motifs is 1. The Bertz CT molecular complexity index is 448. The number of nitrogens with one attached hydrogen (secondary N) is 1. The molecule has 3 N–H and O–H groups in total. The zero-order valence-electron chi connectivity index (χ0n) is 8.92. The van der Waals surface area contributed by atoms with E-state index in [0.717, 1.165) is 13.1 Å². The molecule has 2 rings (SSSR count). The molecule has 0 fully saturated rings. The van der Waals surface area contributed by atoms with Crippen LogP contribution in [-0.2, 0) is 13.1 Å². The summed E-state index contributed by atoms with van der Waals surface area (Å²) >= 11 is 1.85. The number of nitrogens with two attached hydrogens (primary N) is 1.